The maximum absolute atomic E-state index is 11.6. The van der Waals surface area contributed by atoms with Gasteiger partial charge in [-0.3, -0.25) is 0 Å². The number of urea groups is 1. The Morgan fingerprint density at radius 3 is 2.65 bits per heavy atom. The van der Waals surface area contributed by atoms with E-state index in [4.69, 9.17) is 0 Å². The Labute approximate surface area is 104 Å². The fraction of sp³-hybridized carbons (Fsp3) is 0.923. The molecular formula is C13H25N3O. The summed E-state index contributed by atoms with van der Waals surface area (Å²) in [5.74, 6) is 0.629. The summed E-state index contributed by atoms with van der Waals surface area (Å²) in [4.78, 5) is 14.1. The molecule has 1 aliphatic heterocycles. The molecule has 2 rings (SSSR count). The maximum atomic E-state index is 11.6. The first-order chi connectivity index (χ1) is 8.15. The Morgan fingerprint density at radius 1 is 1.35 bits per heavy atom. The summed E-state index contributed by atoms with van der Waals surface area (Å²) >= 11 is 0. The van der Waals surface area contributed by atoms with Gasteiger partial charge < -0.3 is 15.5 Å². The van der Waals surface area contributed by atoms with E-state index in [0.717, 1.165) is 25.9 Å². The van der Waals surface area contributed by atoms with E-state index in [9.17, 15) is 4.79 Å². The fourth-order valence-electron chi connectivity index (χ4n) is 2.52. The van der Waals surface area contributed by atoms with Crippen LogP contribution in [0.5, 0.6) is 0 Å². The lowest BCUT2D eigenvalue weighted by atomic mass is 9.93. The zero-order chi connectivity index (χ0) is 12.3. The molecule has 2 N–H and O–H groups in total. The molecule has 4 heteroatoms. The minimum Gasteiger partial charge on any atom is -0.338 e. The molecule has 0 aromatic carbocycles. The summed E-state index contributed by atoms with van der Waals surface area (Å²) in [5, 5.41) is 6.02. The predicted octanol–water partition coefficient (Wildman–Crippen LogP) is 1.57. The Hall–Kier alpha value is -0.770. The molecule has 0 bridgehead atoms. The normalized spacial score (nSPS) is 25.9. The summed E-state index contributed by atoms with van der Waals surface area (Å²) in [7, 11) is 0. The van der Waals surface area contributed by atoms with E-state index >= 15 is 0 Å². The number of amides is 2. The number of nitrogens with one attached hydrogen (secondary N) is 2. The number of carbonyl (C=O) groups is 1. The van der Waals surface area contributed by atoms with Crippen molar-refractivity contribution in [3.8, 4) is 0 Å². The Morgan fingerprint density at radius 2 is 2.12 bits per heavy atom. The second-order valence-electron chi connectivity index (χ2n) is 5.73. The largest absolute Gasteiger partial charge is 0.338 e. The summed E-state index contributed by atoms with van der Waals surface area (Å²) in [6.07, 6.45) is 4.77. The average Bonchev–Trinajstić information content (AvgIpc) is 2.69. The van der Waals surface area contributed by atoms with Gasteiger partial charge in [0.25, 0.3) is 0 Å². The molecule has 2 aliphatic rings. The maximum Gasteiger partial charge on any atom is 0.315 e. The van der Waals surface area contributed by atoms with E-state index < -0.39 is 0 Å². The smallest absolute Gasteiger partial charge is 0.315 e. The highest BCUT2D eigenvalue weighted by Gasteiger charge is 2.25. The first kappa shape index (κ1) is 12.7. The second-order valence-corrected chi connectivity index (χ2v) is 5.73. The highest BCUT2D eigenvalue weighted by atomic mass is 16.2. The lowest BCUT2D eigenvalue weighted by molar-refractivity contribution is 0.225. The zero-order valence-corrected chi connectivity index (χ0v) is 11.0. The Kier molecular flexibility index (Phi) is 4.26. The van der Waals surface area contributed by atoms with Crippen molar-refractivity contribution in [1.82, 2.24) is 15.5 Å². The standard InChI is InChI=1S/C13H25N3O/c1-10(2)16-7-6-11(9-16)8-14-13(17)15-12-4-3-5-12/h10-12H,3-9H2,1-2H3,(H2,14,15,17). The van der Waals surface area contributed by atoms with E-state index in [-0.39, 0.29) is 6.03 Å². The van der Waals surface area contributed by atoms with Gasteiger partial charge in [-0.2, -0.15) is 0 Å². The molecular weight excluding hydrogens is 214 g/mol. The Bertz CT molecular complexity index is 263. The number of carbonyl (C=O) groups excluding carboxylic acids is 1. The van der Waals surface area contributed by atoms with Gasteiger partial charge in [0.1, 0.15) is 0 Å². The third-order valence-electron chi connectivity index (χ3n) is 4.04. The monoisotopic (exact) mass is 239 g/mol. The van der Waals surface area contributed by atoms with Crippen molar-refractivity contribution in [2.75, 3.05) is 19.6 Å². The van der Waals surface area contributed by atoms with Crippen molar-refractivity contribution in [3.63, 3.8) is 0 Å². The molecule has 4 nitrogen and oxygen atoms in total. The van der Waals surface area contributed by atoms with Gasteiger partial charge in [0.2, 0.25) is 0 Å². The third kappa shape index (κ3) is 3.60. The molecule has 0 aromatic rings. The lowest BCUT2D eigenvalue weighted by Gasteiger charge is -2.26. The van der Waals surface area contributed by atoms with Gasteiger partial charge in [-0.25, -0.2) is 4.79 Å². The first-order valence-corrected chi connectivity index (χ1v) is 6.93. The van der Waals surface area contributed by atoms with Crippen LogP contribution < -0.4 is 10.6 Å². The van der Waals surface area contributed by atoms with Crippen molar-refractivity contribution >= 4 is 6.03 Å². The topological polar surface area (TPSA) is 44.4 Å². The van der Waals surface area contributed by atoms with Crippen LogP contribution in [0, 0.1) is 5.92 Å². The predicted molar refractivity (Wildman–Crippen MR) is 69.0 cm³/mol. The van der Waals surface area contributed by atoms with E-state index in [1.165, 1.54) is 19.4 Å². The van der Waals surface area contributed by atoms with Crippen LogP contribution in [0.2, 0.25) is 0 Å². The molecule has 1 unspecified atom stereocenters. The molecule has 1 atom stereocenters. The molecule has 2 amide bonds. The summed E-state index contributed by atoms with van der Waals surface area (Å²) < 4.78 is 0. The number of likely N-dealkylation sites (tertiary alicyclic amines) is 1. The number of hydrogen-bond acceptors (Lipinski definition) is 2. The molecule has 1 heterocycles. The van der Waals surface area contributed by atoms with Gasteiger partial charge >= 0.3 is 6.03 Å². The van der Waals surface area contributed by atoms with E-state index in [1.807, 2.05) is 0 Å². The van der Waals surface area contributed by atoms with E-state index in [0.29, 0.717) is 18.0 Å². The van der Waals surface area contributed by atoms with Crippen LogP contribution in [0.15, 0.2) is 0 Å². The van der Waals surface area contributed by atoms with Crippen molar-refractivity contribution in [2.45, 2.75) is 51.6 Å². The van der Waals surface area contributed by atoms with Crippen LogP contribution >= 0.6 is 0 Å². The van der Waals surface area contributed by atoms with Gasteiger partial charge in [-0.05, 0) is 52.0 Å². The number of rotatable bonds is 4. The van der Waals surface area contributed by atoms with Crippen LogP contribution in [0.3, 0.4) is 0 Å². The van der Waals surface area contributed by atoms with Gasteiger partial charge in [-0.1, -0.05) is 0 Å². The molecule has 1 saturated heterocycles. The molecule has 1 aliphatic carbocycles. The van der Waals surface area contributed by atoms with Crippen molar-refractivity contribution in [3.05, 3.63) is 0 Å². The Balaban J connectivity index is 1.60. The summed E-state index contributed by atoms with van der Waals surface area (Å²) in [5.41, 5.74) is 0. The average molecular weight is 239 g/mol. The summed E-state index contributed by atoms with van der Waals surface area (Å²) in [6.45, 7) is 7.59. The molecule has 0 radical (unpaired) electrons. The molecule has 98 valence electrons. The number of nitrogens with zero attached hydrogens (tertiary/aromatic N) is 1. The minimum atomic E-state index is 0.0256. The zero-order valence-electron chi connectivity index (χ0n) is 11.0. The molecule has 0 aromatic heterocycles. The molecule has 1 saturated carbocycles. The van der Waals surface area contributed by atoms with Crippen LogP contribution in [-0.4, -0.2) is 42.6 Å². The van der Waals surface area contributed by atoms with Gasteiger partial charge in [0.05, 0.1) is 0 Å². The molecule has 2 fully saturated rings. The highest BCUT2D eigenvalue weighted by Crippen LogP contribution is 2.18. The molecule has 17 heavy (non-hydrogen) atoms. The van der Waals surface area contributed by atoms with Crippen molar-refractivity contribution in [2.24, 2.45) is 5.92 Å². The van der Waals surface area contributed by atoms with Crippen LogP contribution in [0.4, 0.5) is 4.79 Å². The van der Waals surface area contributed by atoms with Crippen LogP contribution in [0.25, 0.3) is 0 Å². The van der Waals surface area contributed by atoms with Crippen LogP contribution in [0.1, 0.15) is 39.5 Å². The lowest BCUT2D eigenvalue weighted by Crippen LogP contribution is -2.46. The van der Waals surface area contributed by atoms with Crippen molar-refractivity contribution < 1.29 is 4.79 Å². The second kappa shape index (κ2) is 5.71. The highest BCUT2D eigenvalue weighted by molar-refractivity contribution is 5.74. The quantitative estimate of drug-likeness (QED) is 0.782. The summed E-state index contributed by atoms with van der Waals surface area (Å²) in [6, 6.07) is 1.09. The fourth-order valence-corrected chi connectivity index (χ4v) is 2.52. The number of hydrogen-bond donors (Lipinski definition) is 2. The third-order valence-corrected chi connectivity index (χ3v) is 4.04. The van der Waals surface area contributed by atoms with Crippen molar-refractivity contribution in [1.29, 1.82) is 0 Å². The van der Waals surface area contributed by atoms with Gasteiger partial charge in [0, 0.05) is 25.2 Å². The van der Waals surface area contributed by atoms with Gasteiger partial charge in [0.15, 0.2) is 0 Å². The minimum absolute atomic E-state index is 0.0256. The van der Waals surface area contributed by atoms with Crippen LogP contribution in [-0.2, 0) is 0 Å². The molecule has 0 spiro atoms. The SMILES string of the molecule is CC(C)N1CCC(CNC(=O)NC2CCC2)C1. The van der Waals surface area contributed by atoms with Gasteiger partial charge in [-0.15, -0.1) is 0 Å². The first-order valence-electron chi connectivity index (χ1n) is 6.93. The van der Waals surface area contributed by atoms with E-state index in [1.54, 1.807) is 0 Å². The van der Waals surface area contributed by atoms with E-state index in [2.05, 4.69) is 29.4 Å².